The second-order valence-corrected chi connectivity index (χ2v) is 4.68. The Balaban J connectivity index is 2.01. The number of azide groups is 1. The zero-order chi connectivity index (χ0) is 14.4. The van der Waals surface area contributed by atoms with Crippen LogP contribution in [0.15, 0.2) is 17.6 Å². The highest BCUT2D eigenvalue weighted by atomic mass is 16.5. The van der Waals surface area contributed by atoms with E-state index in [0.717, 1.165) is 18.5 Å². The van der Waals surface area contributed by atoms with Crippen LogP contribution in [-0.4, -0.2) is 35.7 Å². The molecule has 20 heavy (non-hydrogen) atoms. The molecule has 1 aromatic rings. The normalized spacial score (nSPS) is 15.4. The number of methoxy groups -OCH3 is 1. The van der Waals surface area contributed by atoms with Crippen LogP contribution in [0.4, 0.5) is 0 Å². The van der Waals surface area contributed by atoms with Gasteiger partial charge in [0.1, 0.15) is 6.04 Å². The summed E-state index contributed by atoms with van der Waals surface area (Å²) >= 11 is 0. The van der Waals surface area contributed by atoms with E-state index in [4.69, 9.17) is 10.3 Å². The van der Waals surface area contributed by atoms with Crippen molar-refractivity contribution in [1.29, 1.82) is 0 Å². The summed E-state index contributed by atoms with van der Waals surface area (Å²) in [5.74, 6) is -0.337. The molecule has 0 bridgehead atoms. The number of carbonyl (C=O) groups excluding carboxylic acids is 1. The summed E-state index contributed by atoms with van der Waals surface area (Å²) in [7, 11) is 1.37. The van der Waals surface area contributed by atoms with Crippen molar-refractivity contribution in [2.75, 3.05) is 20.2 Å². The Kier molecular flexibility index (Phi) is 4.97. The first-order valence-electron chi connectivity index (χ1n) is 6.61. The Labute approximate surface area is 116 Å². The zero-order valence-corrected chi connectivity index (χ0v) is 11.4. The van der Waals surface area contributed by atoms with Crippen LogP contribution >= 0.6 is 0 Å². The smallest absolute Gasteiger partial charge is 0.329 e. The Hall–Kier alpha value is -2.05. The summed E-state index contributed by atoms with van der Waals surface area (Å²) in [4.78, 5) is 18.7. The first kappa shape index (κ1) is 14.4. The van der Waals surface area contributed by atoms with E-state index in [0.29, 0.717) is 25.6 Å². The van der Waals surface area contributed by atoms with Gasteiger partial charge in [0.25, 0.3) is 0 Å². The Bertz CT molecular complexity index is 504. The first-order valence-corrected chi connectivity index (χ1v) is 6.61. The molecule has 0 amide bonds. The minimum atomic E-state index is -0.533. The molecule has 1 heterocycles. The van der Waals surface area contributed by atoms with E-state index in [1.54, 1.807) is 12.5 Å². The lowest BCUT2D eigenvalue weighted by Gasteiger charge is -2.18. The minimum absolute atomic E-state index is 0.337. The van der Waals surface area contributed by atoms with Crippen LogP contribution in [0, 0.1) is 0 Å². The standard InChI is InChI=1S/C12H18N6O2/c1-20-12(19)11(15-5-2-6-16-17-13)10-7-14-8-18(10)9-3-4-9/h7-9,11,15H,2-6H2,1H3. The van der Waals surface area contributed by atoms with Gasteiger partial charge in [-0.05, 0) is 31.3 Å². The van der Waals surface area contributed by atoms with E-state index in [-0.39, 0.29) is 5.97 Å². The lowest BCUT2D eigenvalue weighted by molar-refractivity contribution is -0.143. The number of hydrogen-bond acceptors (Lipinski definition) is 5. The monoisotopic (exact) mass is 278 g/mol. The summed E-state index contributed by atoms with van der Waals surface area (Å²) < 4.78 is 6.87. The second kappa shape index (κ2) is 6.93. The largest absolute Gasteiger partial charge is 0.468 e. The van der Waals surface area contributed by atoms with E-state index < -0.39 is 6.04 Å². The summed E-state index contributed by atoms with van der Waals surface area (Å²) in [5, 5.41) is 6.60. The molecule has 0 spiro atoms. The Morgan fingerprint density at radius 3 is 3.20 bits per heavy atom. The molecule has 1 N–H and O–H groups in total. The van der Waals surface area contributed by atoms with Crippen molar-refractivity contribution in [2.24, 2.45) is 5.11 Å². The number of nitrogens with zero attached hydrogens (tertiary/aromatic N) is 5. The highest BCUT2D eigenvalue weighted by molar-refractivity contribution is 5.76. The fourth-order valence-corrected chi connectivity index (χ4v) is 2.06. The average Bonchev–Trinajstić information content (AvgIpc) is 3.20. The third kappa shape index (κ3) is 3.49. The lowest BCUT2D eigenvalue weighted by atomic mass is 10.2. The zero-order valence-electron chi connectivity index (χ0n) is 11.4. The van der Waals surface area contributed by atoms with Crippen molar-refractivity contribution in [3.05, 3.63) is 28.7 Å². The summed E-state index contributed by atoms with van der Waals surface area (Å²) in [6, 6.07) is -0.0844. The van der Waals surface area contributed by atoms with Crippen LogP contribution in [0.25, 0.3) is 10.4 Å². The highest BCUT2D eigenvalue weighted by Crippen LogP contribution is 2.37. The Morgan fingerprint density at radius 2 is 2.55 bits per heavy atom. The summed E-state index contributed by atoms with van der Waals surface area (Å²) in [6.45, 7) is 0.966. The van der Waals surface area contributed by atoms with Gasteiger partial charge in [-0.15, -0.1) is 0 Å². The quantitative estimate of drug-likeness (QED) is 0.257. The molecule has 8 heteroatoms. The molecular weight excluding hydrogens is 260 g/mol. The topological polar surface area (TPSA) is 105 Å². The van der Waals surface area contributed by atoms with Gasteiger partial charge in [-0.3, -0.25) is 5.32 Å². The molecule has 0 saturated heterocycles. The SMILES string of the molecule is COC(=O)C(NCCCN=[N+]=[N-])c1cncn1C1CC1. The van der Waals surface area contributed by atoms with Crippen LogP contribution in [-0.2, 0) is 9.53 Å². The predicted octanol–water partition coefficient (Wildman–Crippen LogP) is 1.72. The van der Waals surface area contributed by atoms with E-state index >= 15 is 0 Å². The summed E-state index contributed by atoms with van der Waals surface area (Å²) in [6.07, 6.45) is 6.35. The highest BCUT2D eigenvalue weighted by Gasteiger charge is 2.31. The van der Waals surface area contributed by atoms with Gasteiger partial charge in [0.15, 0.2) is 0 Å². The third-order valence-electron chi connectivity index (χ3n) is 3.22. The van der Waals surface area contributed by atoms with Gasteiger partial charge in [0.05, 0.1) is 25.3 Å². The molecule has 1 aliphatic rings. The number of imidazole rings is 1. The van der Waals surface area contributed by atoms with Gasteiger partial charge in [0, 0.05) is 17.5 Å². The van der Waals surface area contributed by atoms with E-state index in [1.165, 1.54) is 7.11 Å². The van der Waals surface area contributed by atoms with E-state index in [1.807, 2.05) is 4.57 Å². The number of aromatic nitrogens is 2. The maximum Gasteiger partial charge on any atom is 0.329 e. The molecule has 1 saturated carbocycles. The van der Waals surface area contributed by atoms with Crippen molar-refractivity contribution in [3.8, 4) is 0 Å². The van der Waals surface area contributed by atoms with Crippen LogP contribution in [0.3, 0.4) is 0 Å². The summed E-state index contributed by atoms with van der Waals surface area (Å²) in [5.41, 5.74) is 9.03. The van der Waals surface area contributed by atoms with Crippen LogP contribution in [0.2, 0.25) is 0 Å². The van der Waals surface area contributed by atoms with Crippen LogP contribution in [0.5, 0.6) is 0 Å². The maximum atomic E-state index is 11.9. The molecule has 0 aromatic carbocycles. The fraction of sp³-hybridized carbons (Fsp3) is 0.667. The molecule has 0 aliphatic heterocycles. The molecule has 1 aliphatic carbocycles. The molecular formula is C12H18N6O2. The lowest BCUT2D eigenvalue weighted by Crippen LogP contribution is -2.32. The molecule has 8 nitrogen and oxygen atoms in total. The Morgan fingerprint density at radius 1 is 1.75 bits per heavy atom. The number of rotatable bonds is 8. The molecule has 0 radical (unpaired) electrons. The molecule has 108 valence electrons. The third-order valence-corrected chi connectivity index (χ3v) is 3.22. The van der Waals surface area contributed by atoms with Crippen molar-refractivity contribution in [1.82, 2.24) is 14.9 Å². The van der Waals surface area contributed by atoms with Crippen molar-refractivity contribution >= 4 is 5.97 Å². The minimum Gasteiger partial charge on any atom is -0.468 e. The van der Waals surface area contributed by atoms with Gasteiger partial charge in [0.2, 0.25) is 0 Å². The molecule has 1 atom stereocenters. The van der Waals surface area contributed by atoms with Gasteiger partial charge >= 0.3 is 5.97 Å². The number of ether oxygens (including phenoxy) is 1. The number of hydrogen-bond donors (Lipinski definition) is 1. The number of esters is 1. The van der Waals surface area contributed by atoms with Crippen molar-refractivity contribution in [2.45, 2.75) is 31.3 Å². The van der Waals surface area contributed by atoms with Gasteiger partial charge in [-0.2, -0.15) is 0 Å². The number of carbonyl (C=O) groups is 1. The van der Waals surface area contributed by atoms with Crippen molar-refractivity contribution in [3.63, 3.8) is 0 Å². The molecule has 1 aromatic heterocycles. The number of nitrogens with one attached hydrogen (secondary N) is 1. The van der Waals surface area contributed by atoms with Gasteiger partial charge in [-0.1, -0.05) is 5.11 Å². The molecule has 2 rings (SSSR count). The van der Waals surface area contributed by atoms with Crippen LogP contribution < -0.4 is 5.32 Å². The van der Waals surface area contributed by atoms with Crippen LogP contribution in [0.1, 0.15) is 37.0 Å². The molecule has 1 unspecified atom stereocenters. The van der Waals surface area contributed by atoms with Crippen molar-refractivity contribution < 1.29 is 9.53 Å². The van der Waals surface area contributed by atoms with E-state index in [2.05, 4.69) is 20.3 Å². The molecule has 1 fully saturated rings. The fourth-order valence-electron chi connectivity index (χ4n) is 2.06. The predicted molar refractivity (Wildman–Crippen MR) is 71.9 cm³/mol. The average molecular weight is 278 g/mol. The second-order valence-electron chi connectivity index (χ2n) is 4.68. The van der Waals surface area contributed by atoms with E-state index in [9.17, 15) is 4.79 Å². The van der Waals surface area contributed by atoms with Gasteiger partial charge < -0.3 is 9.30 Å². The van der Waals surface area contributed by atoms with Gasteiger partial charge in [-0.25, -0.2) is 9.78 Å². The maximum absolute atomic E-state index is 11.9. The first-order chi connectivity index (χ1) is 9.77.